The number of fused-ring (bicyclic) bond motifs is 1. The highest BCUT2D eigenvalue weighted by Crippen LogP contribution is 2.31. The minimum atomic E-state index is -0.0676. The standard InChI is InChI=1S/C16H13Cl2NO/c17-12-5-3-4-11(8-12)9-19-15-7-2-1-6-13(15)14(10-20)16(19)18/h1-8,20H,9-10H2. The first-order valence-electron chi connectivity index (χ1n) is 6.31. The molecule has 3 rings (SSSR count). The number of para-hydroxylation sites is 1. The number of rotatable bonds is 3. The first kappa shape index (κ1) is 13.5. The zero-order chi connectivity index (χ0) is 14.1. The molecule has 0 spiro atoms. The highest BCUT2D eigenvalue weighted by molar-refractivity contribution is 6.32. The largest absolute Gasteiger partial charge is 0.392 e. The summed E-state index contributed by atoms with van der Waals surface area (Å²) in [6, 6.07) is 15.6. The average Bonchev–Trinajstić information content (AvgIpc) is 2.72. The minimum absolute atomic E-state index is 0.0676. The summed E-state index contributed by atoms with van der Waals surface area (Å²) < 4.78 is 1.99. The third kappa shape index (κ3) is 2.31. The van der Waals surface area contributed by atoms with Crippen LogP contribution in [-0.2, 0) is 13.2 Å². The topological polar surface area (TPSA) is 25.2 Å². The van der Waals surface area contributed by atoms with E-state index in [9.17, 15) is 5.11 Å². The molecule has 0 amide bonds. The molecule has 0 aliphatic heterocycles. The van der Waals surface area contributed by atoms with E-state index in [0.29, 0.717) is 16.7 Å². The second-order valence-corrected chi connectivity index (χ2v) is 5.46. The molecule has 0 atom stereocenters. The van der Waals surface area contributed by atoms with Crippen molar-refractivity contribution in [3.63, 3.8) is 0 Å². The number of aromatic nitrogens is 1. The van der Waals surface area contributed by atoms with E-state index < -0.39 is 0 Å². The van der Waals surface area contributed by atoms with Crippen molar-refractivity contribution in [1.82, 2.24) is 4.57 Å². The van der Waals surface area contributed by atoms with Gasteiger partial charge in [-0.3, -0.25) is 0 Å². The van der Waals surface area contributed by atoms with Crippen LogP contribution in [0.2, 0.25) is 10.2 Å². The van der Waals surface area contributed by atoms with E-state index in [1.807, 2.05) is 53.1 Å². The number of aliphatic hydroxyl groups is 1. The summed E-state index contributed by atoms with van der Waals surface area (Å²) in [5.74, 6) is 0. The molecule has 0 aliphatic rings. The molecule has 1 heterocycles. The number of hydrogen-bond acceptors (Lipinski definition) is 1. The Hall–Kier alpha value is -1.48. The Kier molecular flexibility index (Phi) is 3.70. The Balaban J connectivity index is 2.14. The number of hydrogen-bond donors (Lipinski definition) is 1. The van der Waals surface area contributed by atoms with Crippen molar-refractivity contribution in [2.24, 2.45) is 0 Å². The monoisotopic (exact) mass is 305 g/mol. The zero-order valence-electron chi connectivity index (χ0n) is 10.7. The van der Waals surface area contributed by atoms with Gasteiger partial charge in [0.05, 0.1) is 6.61 Å². The molecule has 1 N–H and O–H groups in total. The van der Waals surface area contributed by atoms with Crippen molar-refractivity contribution < 1.29 is 5.11 Å². The van der Waals surface area contributed by atoms with Crippen LogP contribution in [0.5, 0.6) is 0 Å². The lowest BCUT2D eigenvalue weighted by molar-refractivity contribution is 0.283. The Morgan fingerprint density at radius 2 is 1.80 bits per heavy atom. The van der Waals surface area contributed by atoms with E-state index in [0.717, 1.165) is 22.0 Å². The Morgan fingerprint density at radius 3 is 2.55 bits per heavy atom. The minimum Gasteiger partial charge on any atom is -0.392 e. The zero-order valence-corrected chi connectivity index (χ0v) is 12.2. The van der Waals surface area contributed by atoms with Gasteiger partial charge in [0.25, 0.3) is 0 Å². The maximum Gasteiger partial charge on any atom is 0.115 e. The molecular formula is C16H13Cl2NO. The molecule has 0 aliphatic carbocycles. The Labute approximate surface area is 127 Å². The number of aliphatic hydroxyl groups excluding tert-OH is 1. The lowest BCUT2D eigenvalue weighted by Gasteiger charge is -2.08. The maximum absolute atomic E-state index is 9.52. The third-order valence-electron chi connectivity index (χ3n) is 3.39. The summed E-state index contributed by atoms with van der Waals surface area (Å²) in [5, 5.41) is 11.8. The van der Waals surface area contributed by atoms with Crippen LogP contribution in [-0.4, -0.2) is 9.67 Å². The molecular weight excluding hydrogens is 293 g/mol. The van der Waals surface area contributed by atoms with E-state index in [1.54, 1.807) is 0 Å². The average molecular weight is 306 g/mol. The van der Waals surface area contributed by atoms with Crippen LogP contribution < -0.4 is 0 Å². The van der Waals surface area contributed by atoms with E-state index in [2.05, 4.69) is 0 Å². The highest BCUT2D eigenvalue weighted by atomic mass is 35.5. The molecule has 4 heteroatoms. The Bertz CT molecular complexity index is 764. The van der Waals surface area contributed by atoms with Crippen molar-refractivity contribution in [1.29, 1.82) is 0 Å². The molecule has 2 aromatic carbocycles. The van der Waals surface area contributed by atoms with Crippen LogP contribution in [0.3, 0.4) is 0 Å². The van der Waals surface area contributed by atoms with Gasteiger partial charge in [0.1, 0.15) is 5.15 Å². The molecule has 102 valence electrons. The van der Waals surface area contributed by atoms with E-state index >= 15 is 0 Å². The molecule has 0 radical (unpaired) electrons. The molecule has 20 heavy (non-hydrogen) atoms. The molecule has 2 nitrogen and oxygen atoms in total. The highest BCUT2D eigenvalue weighted by Gasteiger charge is 2.14. The molecule has 0 unspecified atom stereocenters. The van der Waals surface area contributed by atoms with Gasteiger partial charge in [-0.25, -0.2) is 0 Å². The first-order chi connectivity index (χ1) is 9.70. The molecule has 0 bridgehead atoms. The summed E-state index contributed by atoms with van der Waals surface area (Å²) in [7, 11) is 0. The fourth-order valence-corrected chi connectivity index (χ4v) is 2.99. The van der Waals surface area contributed by atoms with Crippen LogP contribution >= 0.6 is 23.2 Å². The van der Waals surface area contributed by atoms with Crippen LogP contribution in [0, 0.1) is 0 Å². The van der Waals surface area contributed by atoms with Gasteiger partial charge in [-0.05, 0) is 23.8 Å². The summed E-state index contributed by atoms with van der Waals surface area (Å²) in [4.78, 5) is 0. The lowest BCUT2D eigenvalue weighted by Crippen LogP contribution is -1.99. The van der Waals surface area contributed by atoms with Crippen molar-refractivity contribution >= 4 is 34.1 Å². The van der Waals surface area contributed by atoms with E-state index in [-0.39, 0.29) is 6.61 Å². The van der Waals surface area contributed by atoms with Crippen molar-refractivity contribution in [3.05, 3.63) is 69.8 Å². The van der Waals surface area contributed by atoms with Gasteiger partial charge in [0.15, 0.2) is 0 Å². The van der Waals surface area contributed by atoms with E-state index in [4.69, 9.17) is 23.2 Å². The van der Waals surface area contributed by atoms with Gasteiger partial charge in [-0.1, -0.05) is 53.5 Å². The van der Waals surface area contributed by atoms with E-state index in [1.165, 1.54) is 0 Å². The number of halogens is 2. The first-order valence-corrected chi connectivity index (χ1v) is 7.07. The number of nitrogens with zero attached hydrogens (tertiary/aromatic N) is 1. The second-order valence-electron chi connectivity index (χ2n) is 4.66. The van der Waals surface area contributed by atoms with Gasteiger partial charge < -0.3 is 9.67 Å². The molecule has 0 fully saturated rings. The molecule has 3 aromatic rings. The predicted molar refractivity (Wildman–Crippen MR) is 83.4 cm³/mol. The quantitative estimate of drug-likeness (QED) is 0.758. The van der Waals surface area contributed by atoms with Gasteiger partial charge >= 0.3 is 0 Å². The van der Waals surface area contributed by atoms with Crippen molar-refractivity contribution in [3.8, 4) is 0 Å². The van der Waals surface area contributed by atoms with Crippen LogP contribution in [0.1, 0.15) is 11.1 Å². The summed E-state index contributed by atoms with van der Waals surface area (Å²) in [5.41, 5.74) is 2.86. The molecule has 0 saturated heterocycles. The predicted octanol–water partition coefficient (Wildman–Crippen LogP) is 4.49. The summed E-state index contributed by atoms with van der Waals surface area (Å²) >= 11 is 12.4. The van der Waals surface area contributed by atoms with Gasteiger partial charge in [0, 0.05) is 28.0 Å². The smallest absolute Gasteiger partial charge is 0.115 e. The summed E-state index contributed by atoms with van der Waals surface area (Å²) in [6.07, 6.45) is 0. The van der Waals surface area contributed by atoms with Gasteiger partial charge in [0.2, 0.25) is 0 Å². The lowest BCUT2D eigenvalue weighted by atomic mass is 10.2. The summed E-state index contributed by atoms with van der Waals surface area (Å²) in [6.45, 7) is 0.557. The van der Waals surface area contributed by atoms with Gasteiger partial charge in [-0.15, -0.1) is 0 Å². The SMILES string of the molecule is OCc1c(Cl)n(Cc2cccc(Cl)c2)c2ccccc12. The van der Waals surface area contributed by atoms with Crippen molar-refractivity contribution in [2.45, 2.75) is 13.2 Å². The Morgan fingerprint density at radius 1 is 1.00 bits per heavy atom. The fraction of sp³-hybridized carbons (Fsp3) is 0.125. The van der Waals surface area contributed by atoms with Crippen LogP contribution in [0.25, 0.3) is 10.9 Å². The normalized spacial score (nSPS) is 11.2. The van der Waals surface area contributed by atoms with Crippen LogP contribution in [0.4, 0.5) is 0 Å². The second kappa shape index (κ2) is 5.49. The number of benzene rings is 2. The third-order valence-corrected chi connectivity index (χ3v) is 4.06. The maximum atomic E-state index is 9.52. The molecule has 1 aromatic heterocycles. The fourth-order valence-electron chi connectivity index (χ4n) is 2.47. The molecule has 0 saturated carbocycles. The van der Waals surface area contributed by atoms with Gasteiger partial charge in [-0.2, -0.15) is 0 Å². The van der Waals surface area contributed by atoms with Crippen LogP contribution in [0.15, 0.2) is 48.5 Å². The van der Waals surface area contributed by atoms with Crippen molar-refractivity contribution in [2.75, 3.05) is 0 Å².